The molecule has 2 amide bonds. The van der Waals surface area contributed by atoms with Gasteiger partial charge in [-0.15, -0.1) is 0 Å². The van der Waals surface area contributed by atoms with Gasteiger partial charge in [0, 0.05) is 50.4 Å². The SMILES string of the molecule is O=C(NC[C@H]1[C@H]2C[C@H](CN(Cc3ncc[nH]3)C2)[C@@H]2CCCC(=O)N21)C1CCCC1. The number of H-pyrrole nitrogens is 1. The van der Waals surface area contributed by atoms with Crippen molar-refractivity contribution in [3.8, 4) is 0 Å². The van der Waals surface area contributed by atoms with Gasteiger partial charge < -0.3 is 15.2 Å². The first-order chi connectivity index (χ1) is 14.2. The summed E-state index contributed by atoms with van der Waals surface area (Å²) in [6, 6.07) is 0.467. The third-order valence-corrected chi connectivity index (χ3v) is 7.71. The Bertz CT molecular complexity index is 730. The Morgan fingerprint density at radius 2 is 2.00 bits per heavy atom. The number of fused-ring (bicyclic) bond motifs is 4. The van der Waals surface area contributed by atoms with Crippen molar-refractivity contribution < 1.29 is 9.59 Å². The van der Waals surface area contributed by atoms with Gasteiger partial charge in [0.15, 0.2) is 0 Å². The Hall–Kier alpha value is -1.89. The summed E-state index contributed by atoms with van der Waals surface area (Å²) in [5.74, 6) is 2.65. The lowest BCUT2D eigenvalue weighted by atomic mass is 9.72. The average Bonchev–Trinajstić information content (AvgIpc) is 3.42. The highest BCUT2D eigenvalue weighted by Crippen LogP contribution is 2.41. The largest absolute Gasteiger partial charge is 0.354 e. The summed E-state index contributed by atoms with van der Waals surface area (Å²) in [5, 5.41) is 3.24. The number of hydrogen-bond donors (Lipinski definition) is 2. The summed E-state index contributed by atoms with van der Waals surface area (Å²) >= 11 is 0. The van der Waals surface area contributed by atoms with Gasteiger partial charge in [0.05, 0.1) is 12.6 Å². The molecular formula is C22H33N5O2. The molecule has 1 aliphatic carbocycles. The molecule has 4 heterocycles. The van der Waals surface area contributed by atoms with E-state index in [0.29, 0.717) is 36.8 Å². The zero-order chi connectivity index (χ0) is 19.8. The first kappa shape index (κ1) is 19.1. The number of carbonyl (C=O) groups excluding carboxylic acids is 2. The highest BCUT2D eigenvalue weighted by atomic mass is 16.2. The van der Waals surface area contributed by atoms with Gasteiger partial charge in [0.2, 0.25) is 11.8 Å². The lowest BCUT2D eigenvalue weighted by Crippen LogP contribution is -2.67. The minimum Gasteiger partial charge on any atom is -0.354 e. The molecule has 1 aromatic rings. The van der Waals surface area contributed by atoms with Crippen LogP contribution in [0.5, 0.6) is 0 Å². The Kier molecular flexibility index (Phi) is 5.33. The maximum atomic E-state index is 12.9. The van der Waals surface area contributed by atoms with Crippen molar-refractivity contribution in [3.63, 3.8) is 0 Å². The van der Waals surface area contributed by atoms with Crippen LogP contribution in [0.2, 0.25) is 0 Å². The summed E-state index contributed by atoms with van der Waals surface area (Å²) in [6.45, 7) is 3.45. The number of aromatic nitrogens is 2. The summed E-state index contributed by atoms with van der Waals surface area (Å²) in [5.41, 5.74) is 0. The van der Waals surface area contributed by atoms with Gasteiger partial charge in [0.25, 0.3) is 0 Å². The van der Waals surface area contributed by atoms with Crippen molar-refractivity contribution in [2.45, 2.75) is 70.0 Å². The lowest BCUT2D eigenvalue weighted by Gasteiger charge is -2.56. The van der Waals surface area contributed by atoms with Gasteiger partial charge in [-0.05, 0) is 43.9 Å². The van der Waals surface area contributed by atoms with E-state index in [4.69, 9.17) is 0 Å². The molecule has 29 heavy (non-hydrogen) atoms. The van der Waals surface area contributed by atoms with Crippen LogP contribution in [0.4, 0.5) is 0 Å². The molecule has 3 saturated heterocycles. The van der Waals surface area contributed by atoms with Crippen molar-refractivity contribution in [3.05, 3.63) is 18.2 Å². The Balaban J connectivity index is 1.31. The molecule has 4 aliphatic rings. The van der Waals surface area contributed by atoms with Crippen LogP contribution >= 0.6 is 0 Å². The van der Waals surface area contributed by atoms with E-state index in [1.165, 1.54) is 19.3 Å². The molecule has 4 fully saturated rings. The molecule has 2 N–H and O–H groups in total. The fraction of sp³-hybridized carbons (Fsp3) is 0.773. The van der Waals surface area contributed by atoms with Crippen molar-refractivity contribution >= 4 is 11.8 Å². The van der Waals surface area contributed by atoms with Crippen LogP contribution in [0.3, 0.4) is 0 Å². The molecular weight excluding hydrogens is 366 g/mol. The van der Waals surface area contributed by atoms with E-state index in [1.54, 1.807) is 0 Å². The molecule has 3 aliphatic heterocycles. The third kappa shape index (κ3) is 3.81. The van der Waals surface area contributed by atoms with Crippen LogP contribution in [0.15, 0.2) is 12.4 Å². The van der Waals surface area contributed by atoms with Crippen molar-refractivity contribution in [2.75, 3.05) is 19.6 Å². The average molecular weight is 400 g/mol. The zero-order valence-corrected chi connectivity index (χ0v) is 17.2. The van der Waals surface area contributed by atoms with E-state index in [1.807, 2.05) is 12.4 Å². The van der Waals surface area contributed by atoms with Crippen LogP contribution in [-0.4, -0.2) is 63.3 Å². The number of nitrogens with zero attached hydrogens (tertiary/aromatic N) is 3. The van der Waals surface area contributed by atoms with Crippen LogP contribution < -0.4 is 5.32 Å². The van der Waals surface area contributed by atoms with E-state index >= 15 is 0 Å². The topological polar surface area (TPSA) is 81.3 Å². The number of hydrogen-bond acceptors (Lipinski definition) is 4. The molecule has 0 unspecified atom stereocenters. The van der Waals surface area contributed by atoms with E-state index in [2.05, 4.69) is 25.1 Å². The van der Waals surface area contributed by atoms with Gasteiger partial charge >= 0.3 is 0 Å². The first-order valence-corrected chi connectivity index (χ1v) is 11.5. The lowest BCUT2D eigenvalue weighted by molar-refractivity contribution is -0.153. The Labute approximate surface area is 172 Å². The molecule has 158 valence electrons. The maximum Gasteiger partial charge on any atom is 0.223 e. The van der Waals surface area contributed by atoms with E-state index in [9.17, 15) is 9.59 Å². The molecule has 1 aromatic heterocycles. The molecule has 0 aromatic carbocycles. The Morgan fingerprint density at radius 1 is 1.17 bits per heavy atom. The molecule has 7 nitrogen and oxygen atoms in total. The van der Waals surface area contributed by atoms with Gasteiger partial charge in [0.1, 0.15) is 5.82 Å². The number of rotatable bonds is 5. The van der Waals surface area contributed by atoms with E-state index in [0.717, 1.165) is 51.1 Å². The minimum atomic E-state index is 0.133. The summed E-state index contributed by atoms with van der Waals surface area (Å²) < 4.78 is 0. The maximum absolute atomic E-state index is 12.9. The second kappa shape index (κ2) is 8.09. The molecule has 7 heteroatoms. The quantitative estimate of drug-likeness (QED) is 0.793. The number of imidazole rings is 1. The summed E-state index contributed by atoms with van der Waals surface area (Å²) in [6.07, 6.45) is 12.0. The van der Waals surface area contributed by atoms with Crippen molar-refractivity contribution in [1.29, 1.82) is 0 Å². The van der Waals surface area contributed by atoms with Gasteiger partial charge in [-0.1, -0.05) is 12.8 Å². The van der Waals surface area contributed by atoms with Crippen LogP contribution in [0.25, 0.3) is 0 Å². The molecule has 1 saturated carbocycles. The number of likely N-dealkylation sites (tertiary alicyclic amines) is 1. The van der Waals surface area contributed by atoms with Crippen LogP contribution in [-0.2, 0) is 16.1 Å². The zero-order valence-electron chi connectivity index (χ0n) is 17.2. The predicted molar refractivity (Wildman–Crippen MR) is 109 cm³/mol. The van der Waals surface area contributed by atoms with Gasteiger partial charge in [-0.3, -0.25) is 14.5 Å². The van der Waals surface area contributed by atoms with E-state index < -0.39 is 0 Å². The number of aromatic amines is 1. The summed E-state index contributed by atoms with van der Waals surface area (Å²) in [4.78, 5) is 37.9. The normalized spacial score (nSPS) is 33.0. The van der Waals surface area contributed by atoms with E-state index in [-0.39, 0.29) is 17.9 Å². The molecule has 4 atom stereocenters. The van der Waals surface area contributed by atoms with Crippen LogP contribution in [0.1, 0.15) is 57.2 Å². The minimum absolute atomic E-state index is 0.133. The molecule has 2 bridgehead atoms. The molecule has 0 spiro atoms. The second-order valence-electron chi connectivity index (χ2n) is 9.54. The second-order valence-corrected chi connectivity index (χ2v) is 9.54. The fourth-order valence-electron chi connectivity index (χ4n) is 6.40. The molecule has 0 radical (unpaired) electrons. The molecule has 5 rings (SSSR count). The van der Waals surface area contributed by atoms with Gasteiger partial charge in [-0.2, -0.15) is 0 Å². The number of piperidine rings is 3. The fourth-order valence-corrected chi connectivity index (χ4v) is 6.40. The van der Waals surface area contributed by atoms with Crippen molar-refractivity contribution in [2.24, 2.45) is 17.8 Å². The highest BCUT2D eigenvalue weighted by molar-refractivity contribution is 5.80. The third-order valence-electron chi connectivity index (χ3n) is 7.71. The highest BCUT2D eigenvalue weighted by Gasteiger charge is 2.49. The smallest absolute Gasteiger partial charge is 0.223 e. The number of amides is 2. The van der Waals surface area contributed by atoms with Crippen LogP contribution in [0, 0.1) is 17.8 Å². The Morgan fingerprint density at radius 3 is 2.79 bits per heavy atom. The number of nitrogens with one attached hydrogen (secondary N) is 2. The predicted octanol–water partition coefficient (Wildman–Crippen LogP) is 1.92. The monoisotopic (exact) mass is 399 g/mol. The van der Waals surface area contributed by atoms with Gasteiger partial charge in [-0.25, -0.2) is 4.98 Å². The number of carbonyl (C=O) groups is 2. The van der Waals surface area contributed by atoms with Crippen molar-refractivity contribution in [1.82, 2.24) is 25.1 Å². The standard InChI is InChI=1S/C22H33N5O2/c28-21-7-3-6-18-16-10-17(13-26(12-16)14-20-23-8-9-24-20)19(27(18)21)11-25-22(29)15-4-1-2-5-15/h8-9,15-19H,1-7,10-14H2,(H,23,24)(H,25,29)/t16-,17+,18+,19+/m1/s1. The summed E-state index contributed by atoms with van der Waals surface area (Å²) in [7, 11) is 0. The first-order valence-electron chi connectivity index (χ1n) is 11.5.